The van der Waals surface area contributed by atoms with E-state index in [1.807, 2.05) is 30.3 Å². The molecule has 0 spiro atoms. The van der Waals surface area contributed by atoms with Crippen LogP contribution in [0.5, 0.6) is 0 Å². The van der Waals surface area contributed by atoms with Crippen LogP contribution in [0.15, 0.2) is 64.0 Å². The summed E-state index contributed by atoms with van der Waals surface area (Å²) in [5, 5.41) is 0. The number of hydrogen-bond acceptors (Lipinski definition) is 3. The average Bonchev–Trinajstić information content (AvgIpc) is 2.63. The second kappa shape index (κ2) is 8.45. The number of sulfonamides is 1. The number of hydrogen-bond donors (Lipinski definition) is 0. The summed E-state index contributed by atoms with van der Waals surface area (Å²) >= 11 is 3.34. The van der Waals surface area contributed by atoms with Crippen molar-refractivity contribution in [1.82, 2.24) is 4.31 Å². The van der Waals surface area contributed by atoms with Gasteiger partial charge < -0.3 is 4.74 Å². The molecule has 1 aliphatic rings. The van der Waals surface area contributed by atoms with Crippen LogP contribution in [-0.4, -0.2) is 32.4 Å². The Bertz CT molecular complexity index is 778. The zero-order valence-electron chi connectivity index (χ0n) is 14.0. The number of rotatable bonds is 6. The van der Waals surface area contributed by atoms with E-state index in [2.05, 4.69) is 15.9 Å². The minimum atomic E-state index is -3.43. The van der Waals surface area contributed by atoms with Crippen molar-refractivity contribution in [2.45, 2.75) is 24.3 Å². The maximum absolute atomic E-state index is 12.8. The molecule has 0 N–H and O–H groups in total. The van der Waals surface area contributed by atoms with Crippen molar-refractivity contribution in [2.75, 3.05) is 19.7 Å². The minimum Gasteiger partial charge on any atom is -0.376 e. The van der Waals surface area contributed by atoms with E-state index >= 15 is 0 Å². The third-order valence-corrected chi connectivity index (χ3v) is 6.81. The molecule has 4 nitrogen and oxygen atoms in total. The van der Waals surface area contributed by atoms with Crippen LogP contribution in [0.2, 0.25) is 0 Å². The molecule has 25 heavy (non-hydrogen) atoms. The molecule has 134 valence electrons. The lowest BCUT2D eigenvalue weighted by Gasteiger charge is -2.31. The maximum atomic E-state index is 12.8. The normalized spacial score (nSPS) is 19.0. The maximum Gasteiger partial charge on any atom is 0.243 e. The predicted molar refractivity (Wildman–Crippen MR) is 102 cm³/mol. The van der Waals surface area contributed by atoms with Gasteiger partial charge in [0.2, 0.25) is 10.0 Å². The Morgan fingerprint density at radius 1 is 1.08 bits per heavy atom. The zero-order chi connectivity index (χ0) is 17.7. The molecule has 2 aromatic rings. The van der Waals surface area contributed by atoms with Gasteiger partial charge in [0, 0.05) is 17.6 Å². The Morgan fingerprint density at radius 3 is 2.52 bits per heavy atom. The molecule has 0 bridgehead atoms. The van der Waals surface area contributed by atoms with Crippen molar-refractivity contribution in [3.8, 4) is 0 Å². The highest BCUT2D eigenvalue weighted by Gasteiger charge is 2.30. The van der Waals surface area contributed by atoms with Crippen molar-refractivity contribution in [2.24, 2.45) is 5.92 Å². The lowest BCUT2D eigenvalue weighted by Crippen LogP contribution is -2.41. The highest BCUT2D eigenvalue weighted by atomic mass is 79.9. The first-order chi connectivity index (χ1) is 12.1. The second-order valence-corrected chi connectivity index (χ2v) is 9.18. The molecule has 0 aliphatic carbocycles. The molecule has 0 aromatic heterocycles. The first-order valence-electron chi connectivity index (χ1n) is 8.43. The summed E-state index contributed by atoms with van der Waals surface area (Å²) in [7, 11) is -3.43. The molecule has 0 amide bonds. The van der Waals surface area contributed by atoms with Crippen LogP contribution in [0.25, 0.3) is 0 Å². The van der Waals surface area contributed by atoms with Gasteiger partial charge in [0.25, 0.3) is 0 Å². The van der Waals surface area contributed by atoms with Gasteiger partial charge in [0.1, 0.15) is 0 Å². The van der Waals surface area contributed by atoms with Crippen LogP contribution in [0.3, 0.4) is 0 Å². The van der Waals surface area contributed by atoms with Gasteiger partial charge in [-0.05, 0) is 48.6 Å². The van der Waals surface area contributed by atoms with E-state index < -0.39 is 10.0 Å². The van der Waals surface area contributed by atoms with E-state index in [1.54, 1.807) is 28.6 Å². The summed E-state index contributed by atoms with van der Waals surface area (Å²) in [4.78, 5) is 0.349. The largest absolute Gasteiger partial charge is 0.376 e. The van der Waals surface area contributed by atoms with Gasteiger partial charge in [-0.15, -0.1) is 0 Å². The molecule has 0 saturated carbocycles. The molecule has 6 heteroatoms. The molecule has 2 aromatic carbocycles. The SMILES string of the molecule is O=S(=O)(c1ccc(Br)cc1)N1CCCC(COCc2ccccc2)C1. The Morgan fingerprint density at radius 2 is 1.80 bits per heavy atom. The summed E-state index contributed by atoms with van der Waals surface area (Å²) in [5.74, 6) is 0.239. The Labute approximate surface area is 158 Å². The first-order valence-corrected chi connectivity index (χ1v) is 10.7. The lowest BCUT2D eigenvalue weighted by molar-refractivity contribution is 0.0672. The fraction of sp³-hybridized carbons (Fsp3) is 0.368. The van der Waals surface area contributed by atoms with Gasteiger partial charge in [-0.2, -0.15) is 4.31 Å². The number of halogens is 1. The van der Waals surface area contributed by atoms with Crippen LogP contribution in [0.4, 0.5) is 0 Å². The average molecular weight is 424 g/mol. The molecule has 1 atom stereocenters. The summed E-state index contributed by atoms with van der Waals surface area (Å²) < 4.78 is 33.9. The summed E-state index contributed by atoms with van der Waals surface area (Å²) in [6, 6.07) is 16.8. The Balaban J connectivity index is 1.58. The fourth-order valence-corrected chi connectivity index (χ4v) is 4.87. The number of ether oxygens (including phenoxy) is 1. The van der Waals surface area contributed by atoms with Crippen molar-refractivity contribution >= 4 is 26.0 Å². The van der Waals surface area contributed by atoms with E-state index in [1.165, 1.54) is 0 Å². The van der Waals surface area contributed by atoms with Gasteiger partial charge in [-0.25, -0.2) is 8.42 Å². The van der Waals surface area contributed by atoms with E-state index in [4.69, 9.17) is 4.74 Å². The minimum absolute atomic E-state index is 0.239. The molecule has 1 unspecified atom stereocenters. The second-order valence-electron chi connectivity index (χ2n) is 6.33. The van der Waals surface area contributed by atoms with Gasteiger partial charge in [0.15, 0.2) is 0 Å². The third-order valence-electron chi connectivity index (χ3n) is 4.40. The predicted octanol–water partition coefficient (Wildman–Crippen LogP) is 4.07. The Kier molecular flexibility index (Phi) is 6.28. The van der Waals surface area contributed by atoms with Crippen LogP contribution in [0, 0.1) is 5.92 Å². The van der Waals surface area contributed by atoms with E-state index in [-0.39, 0.29) is 5.92 Å². The number of benzene rings is 2. The van der Waals surface area contributed by atoms with Crippen molar-refractivity contribution in [1.29, 1.82) is 0 Å². The molecular weight excluding hydrogens is 402 g/mol. The molecule has 1 saturated heterocycles. The van der Waals surface area contributed by atoms with Crippen LogP contribution in [-0.2, 0) is 21.4 Å². The third kappa shape index (κ3) is 4.91. The van der Waals surface area contributed by atoms with Crippen LogP contribution < -0.4 is 0 Å². The molecular formula is C19H22BrNO3S. The van der Waals surface area contributed by atoms with Gasteiger partial charge in [0.05, 0.1) is 18.1 Å². The molecule has 1 aliphatic heterocycles. The lowest BCUT2D eigenvalue weighted by atomic mass is 10.0. The molecule has 1 fully saturated rings. The summed E-state index contributed by atoms with van der Waals surface area (Å²) in [6.45, 7) is 2.25. The molecule has 0 radical (unpaired) electrons. The highest BCUT2D eigenvalue weighted by Crippen LogP contribution is 2.25. The first kappa shape index (κ1) is 18.6. The number of piperidine rings is 1. The standard InChI is InChI=1S/C19H22BrNO3S/c20-18-8-10-19(11-9-18)25(22,23)21-12-4-7-17(13-21)15-24-14-16-5-2-1-3-6-16/h1-3,5-6,8-11,17H,4,7,12-15H2. The van der Waals surface area contributed by atoms with E-state index in [9.17, 15) is 8.42 Å². The monoisotopic (exact) mass is 423 g/mol. The quantitative estimate of drug-likeness (QED) is 0.703. The van der Waals surface area contributed by atoms with Gasteiger partial charge in [-0.1, -0.05) is 46.3 Å². The van der Waals surface area contributed by atoms with Crippen molar-refractivity contribution in [3.63, 3.8) is 0 Å². The molecule has 1 heterocycles. The zero-order valence-corrected chi connectivity index (χ0v) is 16.4. The smallest absolute Gasteiger partial charge is 0.243 e. The number of nitrogens with zero attached hydrogens (tertiary/aromatic N) is 1. The van der Waals surface area contributed by atoms with Gasteiger partial charge in [-0.3, -0.25) is 0 Å². The van der Waals surface area contributed by atoms with Crippen molar-refractivity contribution in [3.05, 3.63) is 64.6 Å². The highest BCUT2D eigenvalue weighted by molar-refractivity contribution is 9.10. The molecule has 3 rings (SSSR count). The Hall–Kier alpha value is -1.21. The fourth-order valence-electron chi connectivity index (χ4n) is 3.05. The topological polar surface area (TPSA) is 46.6 Å². The summed E-state index contributed by atoms with van der Waals surface area (Å²) in [5.41, 5.74) is 1.14. The van der Waals surface area contributed by atoms with Gasteiger partial charge >= 0.3 is 0 Å². The van der Waals surface area contributed by atoms with E-state index in [0.29, 0.717) is 31.2 Å². The van der Waals surface area contributed by atoms with E-state index in [0.717, 1.165) is 22.9 Å². The van der Waals surface area contributed by atoms with Crippen LogP contribution >= 0.6 is 15.9 Å². The summed E-state index contributed by atoms with van der Waals surface area (Å²) in [6.07, 6.45) is 1.87. The van der Waals surface area contributed by atoms with Crippen molar-refractivity contribution < 1.29 is 13.2 Å². The van der Waals surface area contributed by atoms with Crippen LogP contribution in [0.1, 0.15) is 18.4 Å².